The van der Waals surface area contributed by atoms with E-state index in [0.717, 1.165) is 6.42 Å². The second-order valence-corrected chi connectivity index (χ2v) is 4.69. The molecule has 0 saturated carbocycles. The Morgan fingerprint density at radius 1 is 1.42 bits per heavy atom. The fourth-order valence-electron chi connectivity index (χ4n) is 1.82. The molecule has 0 aromatic heterocycles. The maximum Gasteiger partial charge on any atom is 0.320 e. The topological polar surface area (TPSA) is 29.5 Å². The lowest BCUT2D eigenvalue weighted by Crippen LogP contribution is -2.31. The highest BCUT2D eigenvalue weighted by atomic mass is 35.5. The Balaban J connectivity index is 2.71. The van der Waals surface area contributed by atoms with Crippen LogP contribution in [0.3, 0.4) is 0 Å². The van der Waals surface area contributed by atoms with Gasteiger partial charge in [0.15, 0.2) is 0 Å². The monoisotopic (exact) mass is 287 g/mol. The quantitative estimate of drug-likeness (QED) is 0.721. The van der Waals surface area contributed by atoms with Gasteiger partial charge in [0, 0.05) is 17.1 Å². The van der Waals surface area contributed by atoms with Gasteiger partial charge in [0.05, 0.1) is 13.2 Å². The number of nitrogens with zero attached hydrogens (tertiary/aromatic N) is 1. The van der Waals surface area contributed by atoms with Crippen molar-refractivity contribution in [3.05, 3.63) is 34.6 Å². The van der Waals surface area contributed by atoms with E-state index in [1.165, 1.54) is 12.1 Å². The minimum absolute atomic E-state index is 0.160. The van der Waals surface area contributed by atoms with E-state index in [2.05, 4.69) is 0 Å². The Morgan fingerprint density at radius 3 is 2.79 bits per heavy atom. The molecule has 1 rings (SSSR count). The summed E-state index contributed by atoms with van der Waals surface area (Å²) >= 11 is 5.86. The third kappa shape index (κ3) is 5.57. The number of esters is 1. The molecule has 1 aromatic rings. The Morgan fingerprint density at radius 2 is 2.16 bits per heavy atom. The number of carbonyl (C=O) groups is 1. The van der Waals surface area contributed by atoms with E-state index in [4.69, 9.17) is 16.3 Å². The Labute approximate surface area is 118 Å². The highest BCUT2D eigenvalue weighted by Crippen LogP contribution is 2.16. The molecule has 3 nitrogen and oxygen atoms in total. The molecular weight excluding hydrogens is 269 g/mol. The fraction of sp³-hybridized carbons (Fsp3) is 0.500. The van der Waals surface area contributed by atoms with Crippen molar-refractivity contribution in [3.63, 3.8) is 0 Å². The van der Waals surface area contributed by atoms with Crippen LogP contribution in [0.5, 0.6) is 0 Å². The minimum atomic E-state index is -0.311. The second kappa shape index (κ2) is 8.12. The predicted molar refractivity (Wildman–Crippen MR) is 73.6 cm³/mol. The zero-order chi connectivity index (χ0) is 14.3. The molecule has 0 aliphatic rings. The minimum Gasteiger partial charge on any atom is -0.465 e. The summed E-state index contributed by atoms with van der Waals surface area (Å²) in [5.74, 6) is -0.604. The molecule has 5 heteroatoms. The first kappa shape index (κ1) is 15.9. The van der Waals surface area contributed by atoms with Crippen LogP contribution in [-0.2, 0) is 16.1 Å². The first-order valence-electron chi connectivity index (χ1n) is 6.38. The standard InChI is InChI=1S/C14H19ClFNO2/c1-3-7-17(10-14(18)19-4-2)9-11-8-12(15)5-6-13(11)16/h5-6,8H,3-4,7,9-10H2,1-2H3. The molecule has 0 heterocycles. The van der Waals surface area contributed by atoms with Gasteiger partial charge < -0.3 is 4.74 Å². The van der Waals surface area contributed by atoms with Crippen molar-refractivity contribution in [2.45, 2.75) is 26.8 Å². The van der Waals surface area contributed by atoms with Gasteiger partial charge >= 0.3 is 5.97 Å². The molecule has 0 bridgehead atoms. The van der Waals surface area contributed by atoms with Crippen molar-refractivity contribution in [1.29, 1.82) is 0 Å². The Bertz CT molecular complexity index is 426. The summed E-state index contributed by atoms with van der Waals surface area (Å²) in [5, 5.41) is 0.490. The molecule has 0 N–H and O–H groups in total. The summed E-state index contributed by atoms with van der Waals surface area (Å²) in [6, 6.07) is 4.44. The van der Waals surface area contributed by atoms with Gasteiger partial charge in [-0.1, -0.05) is 18.5 Å². The molecule has 0 radical (unpaired) electrons. The molecule has 0 atom stereocenters. The molecule has 0 fully saturated rings. The van der Waals surface area contributed by atoms with E-state index in [1.807, 2.05) is 11.8 Å². The van der Waals surface area contributed by atoms with Crippen LogP contribution in [0.1, 0.15) is 25.8 Å². The van der Waals surface area contributed by atoms with Gasteiger partial charge in [0.25, 0.3) is 0 Å². The lowest BCUT2D eigenvalue weighted by molar-refractivity contribution is -0.144. The van der Waals surface area contributed by atoms with Gasteiger partial charge in [-0.05, 0) is 38.1 Å². The molecular formula is C14H19ClFNO2. The fourth-order valence-corrected chi connectivity index (χ4v) is 2.02. The third-order valence-electron chi connectivity index (χ3n) is 2.60. The summed E-state index contributed by atoms with van der Waals surface area (Å²) in [4.78, 5) is 13.3. The summed E-state index contributed by atoms with van der Waals surface area (Å²) in [6.45, 7) is 5.33. The summed E-state index contributed by atoms with van der Waals surface area (Å²) in [6.07, 6.45) is 0.877. The van der Waals surface area contributed by atoms with Gasteiger partial charge in [-0.2, -0.15) is 0 Å². The zero-order valence-corrected chi connectivity index (χ0v) is 12.0. The van der Waals surface area contributed by atoms with Crippen molar-refractivity contribution < 1.29 is 13.9 Å². The number of carbonyl (C=O) groups excluding carboxylic acids is 1. The molecule has 0 unspecified atom stereocenters. The van der Waals surface area contributed by atoms with Gasteiger partial charge in [-0.15, -0.1) is 0 Å². The molecule has 106 valence electrons. The van der Waals surface area contributed by atoms with Gasteiger partial charge in [0.1, 0.15) is 5.82 Å². The second-order valence-electron chi connectivity index (χ2n) is 4.25. The smallest absolute Gasteiger partial charge is 0.320 e. The Hall–Kier alpha value is -1.13. The molecule has 0 spiro atoms. The van der Waals surface area contributed by atoms with Gasteiger partial charge in [-0.25, -0.2) is 4.39 Å². The normalized spacial score (nSPS) is 10.8. The van der Waals surface area contributed by atoms with Crippen LogP contribution in [0.25, 0.3) is 0 Å². The van der Waals surface area contributed by atoms with E-state index >= 15 is 0 Å². The molecule has 0 amide bonds. The van der Waals surface area contributed by atoms with Crippen molar-refractivity contribution in [3.8, 4) is 0 Å². The highest BCUT2D eigenvalue weighted by Gasteiger charge is 2.13. The summed E-state index contributed by atoms with van der Waals surface area (Å²) in [7, 11) is 0. The van der Waals surface area contributed by atoms with Crippen LogP contribution >= 0.6 is 11.6 Å². The number of benzene rings is 1. The molecule has 0 aliphatic carbocycles. The van der Waals surface area contributed by atoms with Crippen LogP contribution in [0.4, 0.5) is 4.39 Å². The number of halogens is 2. The SMILES string of the molecule is CCCN(CC(=O)OCC)Cc1cc(Cl)ccc1F. The zero-order valence-electron chi connectivity index (χ0n) is 11.3. The van der Waals surface area contributed by atoms with E-state index < -0.39 is 0 Å². The van der Waals surface area contributed by atoms with Crippen LogP contribution in [0, 0.1) is 5.82 Å². The van der Waals surface area contributed by atoms with Crippen LogP contribution < -0.4 is 0 Å². The first-order chi connectivity index (χ1) is 9.06. The molecule has 1 aromatic carbocycles. The lowest BCUT2D eigenvalue weighted by Gasteiger charge is -2.21. The maximum absolute atomic E-state index is 13.7. The predicted octanol–water partition coefficient (Wildman–Crippen LogP) is 3.25. The van der Waals surface area contributed by atoms with E-state index in [1.54, 1.807) is 13.0 Å². The van der Waals surface area contributed by atoms with Gasteiger partial charge in [-0.3, -0.25) is 9.69 Å². The van der Waals surface area contributed by atoms with Crippen molar-refractivity contribution in [1.82, 2.24) is 4.90 Å². The number of ether oxygens (including phenoxy) is 1. The van der Waals surface area contributed by atoms with Crippen LogP contribution in [0.2, 0.25) is 5.02 Å². The third-order valence-corrected chi connectivity index (χ3v) is 2.83. The van der Waals surface area contributed by atoms with Crippen molar-refractivity contribution in [2.75, 3.05) is 19.7 Å². The molecule has 19 heavy (non-hydrogen) atoms. The largest absolute Gasteiger partial charge is 0.465 e. The average Bonchev–Trinajstić information content (AvgIpc) is 2.34. The van der Waals surface area contributed by atoms with Crippen LogP contribution in [-0.4, -0.2) is 30.6 Å². The van der Waals surface area contributed by atoms with E-state index in [-0.39, 0.29) is 18.3 Å². The number of hydrogen-bond donors (Lipinski definition) is 0. The van der Waals surface area contributed by atoms with Crippen LogP contribution in [0.15, 0.2) is 18.2 Å². The summed E-state index contributed by atoms with van der Waals surface area (Å²) in [5.41, 5.74) is 0.491. The average molecular weight is 288 g/mol. The van der Waals surface area contributed by atoms with E-state index in [9.17, 15) is 9.18 Å². The first-order valence-corrected chi connectivity index (χ1v) is 6.76. The molecule has 0 saturated heterocycles. The maximum atomic E-state index is 13.7. The van der Waals surface area contributed by atoms with Crippen molar-refractivity contribution in [2.24, 2.45) is 0 Å². The Kier molecular flexibility index (Phi) is 6.81. The highest BCUT2D eigenvalue weighted by molar-refractivity contribution is 6.30. The molecule has 0 aliphatic heterocycles. The van der Waals surface area contributed by atoms with E-state index in [0.29, 0.717) is 30.3 Å². The number of hydrogen-bond acceptors (Lipinski definition) is 3. The lowest BCUT2D eigenvalue weighted by atomic mass is 10.2. The van der Waals surface area contributed by atoms with Gasteiger partial charge in [0.2, 0.25) is 0 Å². The van der Waals surface area contributed by atoms with Crippen molar-refractivity contribution >= 4 is 17.6 Å². The summed E-state index contributed by atoms with van der Waals surface area (Å²) < 4.78 is 18.6. The number of rotatable bonds is 7.